The van der Waals surface area contributed by atoms with Gasteiger partial charge in [0.05, 0.1) is 36.1 Å². The lowest BCUT2D eigenvalue weighted by Crippen LogP contribution is -2.35. The van der Waals surface area contributed by atoms with Crippen molar-refractivity contribution in [2.45, 2.75) is 24.5 Å². The van der Waals surface area contributed by atoms with Gasteiger partial charge >= 0.3 is 0 Å². The van der Waals surface area contributed by atoms with Gasteiger partial charge in [-0.2, -0.15) is 0 Å². The van der Waals surface area contributed by atoms with Crippen LogP contribution in [0, 0.1) is 10.1 Å². The van der Waals surface area contributed by atoms with Gasteiger partial charge in [-0.1, -0.05) is 0 Å². The van der Waals surface area contributed by atoms with E-state index in [2.05, 4.69) is 20.3 Å². The van der Waals surface area contributed by atoms with Crippen LogP contribution in [0.15, 0.2) is 24.8 Å². The Kier molecular flexibility index (Phi) is 6.61. The van der Waals surface area contributed by atoms with Crippen LogP contribution in [0.4, 0.5) is 11.5 Å². The molecule has 1 aliphatic heterocycles. The molecule has 1 fully saturated rings. The maximum Gasteiger partial charge on any atom is 0.274 e. The number of aromatic hydroxyl groups is 2. The highest BCUT2D eigenvalue weighted by Gasteiger charge is 2.44. The van der Waals surface area contributed by atoms with Crippen molar-refractivity contribution < 1.29 is 39.6 Å². The van der Waals surface area contributed by atoms with Gasteiger partial charge < -0.3 is 41.0 Å². The van der Waals surface area contributed by atoms with Crippen LogP contribution in [0.2, 0.25) is 0 Å². The molecule has 0 spiro atoms. The molecule has 0 aliphatic carbocycles. The number of aliphatic hydroxyl groups is 2. The van der Waals surface area contributed by atoms with Crippen LogP contribution in [0.5, 0.6) is 11.5 Å². The highest BCUT2D eigenvalue weighted by molar-refractivity contribution is 5.98. The van der Waals surface area contributed by atoms with E-state index in [0.29, 0.717) is 11.2 Å². The van der Waals surface area contributed by atoms with Crippen LogP contribution >= 0.6 is 0 Å². The number of amides is 1. The number of carbonyl (C=O) groups excluding carboxylic acids is 1. The predicted octanol–water partition coefficient (Wildman–Crippen LogP) is -1.21. The molecule has 7 N–H and O–H groups in total. The molecule has 0 bridgehead atoms. The normalized spacial score (nSPS) is 21.9. The first-order valence-electron chi connectivity index (χ1n) is 10.2. The number of aromatic nitrogens is 4. The number of carbonyl (C=O) groups is 1. The van der Waals surface area contributed by atoms with Crippen LogP contribution in [-0.4, -0.2) is 88.8 Å². The second-order valence-electron chi connectivity index (χ2n) is 7.58. The summed E-state index contributed by atoms with van der Waals surface area (Å²) in [6, 6.07) is 1.55. The van der Waals surface area contributed by atoms with Crippen LogP contribution in [0.1, 0.15) is 16.6 Å². The number of benzene rings is 1. The Balaban J connectivity index is 1.30. The summed E-state index contributed by atoms with van der Waals surface area (Å²) < 4.78 is 12.6. The molecule has 16 nitrogen and oxygen atoms in total. The van der Waals surface area contributed by atoms with E-state index >= 15 is 0 Å². The van der Waals surface area contributed by atoms with Crippen molar-refractivity contribution in [3.8, 4) is 11.5 Å². The molecule has 186 valence electrons. The number of ether oxygens (including phenoxy) is 2. The molecule has 1 aromatic carbocycles. The van der Waals surface area contributed by atoms with Crippen molar-refractivity contribution in [3.63, 3.8) is 0 Å². The second-order valence-corrected chi connectivity index (χ2v) is 7.58. The number of hydrogen-bond donors (Lipinski definition) is 6. The van der Waals surface area contributed by atoms with E-state index < -0.39 is 58.1 Å². The highest BCUT2D eigenvalue weighted by Crippen LogP contribution is 2.34. The monoisotopic (exact) mass is 491 g/mol. The Morgan fingerprint density at radius 2 is 2.03 bits per heavy atom. The van der Waals surface area contributed by atoms with Crippen molar-refractivity contribution >= 4 is 28.6 Å². The molecular weight excluding hydrogens is 470 g/mol. The third-order valence-corrected chi connectivity index (χ3v) is 5.34. The average Bonchev–Trinajstić information content (AvgIpc) is 3.37. The number of fused-ring (bicyclic) bond motifs is 1. The third kappa shape index (κ3) is 4.62. The number of nitro benzene ring substituents is 1. The number of phenolic OH excluding ortho intramolecular Hbond substituents is 2. The second kappa shape index (κ2) is 9.63. The molecule has 1 aliphatic rings. The van der Waals surface area contributed by atoms with Gasteiger partial charge in [0.2, 0.25) is 0 Å². The number of nitrogens with two attached hydrogens (primary N) is 1. The number of nitrogen functional groups attached to an aromatic ring is 1. The molecule has 0 unspecified atom stereocenters. The molecule has 4 rings (SSSR count). The summed E-state index contributed by atoms with van der Waals surface area (Å²) in [7, 11) is 0. The van der Waals surface area contributed by atoms with Crippen molar-refractivity contribution in [3.05, 3.63) is 40.5 Å². The lowest BCUT2D eigenvalue weighted by atomic mass is 10.1. The van der Waals surface area contributed by atoms with Crippen LogP contribution in [0.3, 0.4) is 0 Å². The number of hydrogen-bond acceptors (Lipinski definition) is 13. The number of rotatable bonds is 8. The van der Waals surface area contributed by atoms with Crippen molar-refractivity contribution in [2.24, 2.45) is 0 Å². The van der Waals surface area contributed by atoms with Gasteiger partial charge in [-0.3, -0.25) is 19.5 Å². The lowest BCUT2D eigenvalue weighted by molar-refractivity contribution is -0.385. The molecule has 35 heavy (non-hydrogen) atoms. The first kappa shape index (κ1) is 24.0. The van der Waals surface area contributed by atoms with E-state index in [9.17, 15) is 35.3 Å². The maximum atomic E-state index is 12.2. The molecule has 0 saturated carbocycles. The van der Waals surface area contributed by atoms with Crippen LogP contribution < -0.4 is 11.1 Å². The minimum Gasteiger partial charge on any atom is -0.504 e. The van der Waals surface area contributed by atoms with E-state index in [4.69, 9.17) is 15.2 Å². The van der Waals surface area contributed by atoms with Crippen LogP contribution in [0.25, 0.3) is 11.2 Å². The van der Waals surface area contributed by atoms with Gasteiger partial charge in [-0.05, 0) is 0 Å². The van der Waals surface area contributed by atoms with E-state index in [1.165, 1.54) is 17.2 Å². The molecular formula is C19H21N7O9. The SMILES string of the molecule is Nc1ncnc2c1ncn2[C@@H]1O[C@H](COCCNC(=O)c2cc([N+](=O)[O-])cc(O)c2O)[C@@H](O)[C@H]1O. The van der Waals surface area contributed by atoms with E-state index in [1.54, 1.807) is 0 Å². The quantitative estimate of drug-likeness (QED) is 0.0939. The smallest absolute Gasteiger partial charge is 0.274 e. The summed E-state index contributed by atoms with van der Waals surface area (Å²) in [5, 5.41) is 53.4. The Labute approximate surface area is 195 Å². The minimum atomic E-state index is -1.32. The first-order chi connectivity index (χ1) is 16.7. The Hall–Kier alpha value is -4.12. The summed E-state index contributed by atoms with van der Waals surface area (Å²) in [6.45, 7) is -0.269. The summed E-state index contributed by atoms with van der Waals surface area (Å²) in [5.74, 6) is -2.32. The van der Waals surface area contributed by atoms with E-state index in [1.807, 2.05) is 0 Å². The van der Waals surface area contributed by atoms with Gasteiger partial charge in [0.25, 0.3) is 11.6 Å². The number of imidazole rings is 1. The molecule has 3 aromatic rings. The maximum absolute atomic E-state index is 12.2. The third-order valence-electron chi connectivity index (χ3n) is 5.34. The first-order valence-corrected chi connectivity index (χ1v) is 10.2. The molecule has 2 aromatic heterocycles. The average molecular weight is 491 g/mol. The molecule has 3 heterocycles. The topological polar surface area (TPSA) is 241 Å². The van der Waals surface area contributed by atoms with Crippen molar-refractivity contribution in [1.82, 2.24) is 24.8 Å². The number of anilines is 1. The molecule has 1 saturated heterocycles. The fourth-order valence-electron chi connectivity index (χ4n) is 3.57. The van der Waals surface area contributed by atoms with Gasteiger partial charge in [-0.15, -0.1) is 0 Å². The number of nitro groups is 1. The number of nitrogens with one attached hydrogen (secondary N) is 1. The van der Waals surface area contributed by atoms with Crippen LogP contribution in [-0.2, 0) is 9.47 Å². The van der Waals surface area contributed by atoms with Crippen molar-refractivity contribution in [2.75, 3.05) is 25.5 Å². The molecule has 16 heteroatoms. The summed E-state index contributed by atoms with van der Waals surface area (Å²) in [6.07, 6.45) is -1.95. The van der Waals surface area contributed by atoms with Crippen molar-refractivity contribution in [1.29, 1.82) is 0 Å². The Bertz CT molecular complexity index is 1270. The largest absolute Gasteiger partial charge is 0.504 e. The number of aliphatic hydroxyl groups excluding tert-OH is 2. The number of nitrogens with zero attached hydrogens (tertiary/aromatic N) is 5. The Morgan fingerprint density at radius 1 is 1.26 bits per heavy atom. The minimum absolute atomic E-state index is 0.0570. The fraction of sp³-hybridized carbons (Fsp3) is 0.368. The van der Waals surface area contributed by atoms with Gasteiger partial charge in [-0.25, -0.2) is 15.0 Å². The summed E-state index contributed by atoms with van der Waals surface area (Å²) >= 11 is 0. The summed E-state index contributed by atoms with van der Waals surface area (Å²) in [4.78, 5) is 34.3. The van der Waals surface area contributed by atoms with E-state index in [0.717, 1.165) is 12.1 Å². The molecule has 1 amide bonds. The van der Waals surface area contributed by atoms with E-state index in [-0.39, 0.29) is 25.6 Å². The summed E-state index contributed by atoms with van der Waals surface area (Å²) in [5.41, 5.74) is 5.34. The fourth-order valence-corrected chi connectivity index (χ4v) is 3.57. The standard InChI is InChI=1S/C19H21N7O9/c20-16-12-17(23-6-22-16)25(7-24-12)19-15(30)14(29)11(35-19)5-34-2-1-21-18(31)9-3-8(26(32)33)4-10(27)13(9)28/h3-4,6-7,11,14-15,19,27-30H,1-2,5H2,(H,21,31)(H2,20,22,23)/t11-,14-,15-,19-/m1/s1. The number of non-ortho nitro benzene ring substituents is 1. The zero-order valence-electron chi connectivity index (χ0n) is 17.9. The predicted molar refractivity (Wildman–Crippen MR) is 115 cm³/mol. The van der Waals surface area contributed by atoms with Gasteiger partial charge in [0, 0.05) is 12.6 Å². The number of phenols is 2. The lowest BCUT2D eigenvalue weighted by Gasteiger charge is -2.16. The van der Waals surface area contributed by atoms with Gasteiger partial charge in [0.1, 0.15) is 30.2 Å². The zero-order chi connectivity index (χ0) is 25.3. The molecule has 4 atom stereocenters. The molecule has 0 radical (unpaired) electrons. The highest BCUT2D eigenvalue weighted by atomic mass is 16.6. The Morgan fingerprint density at radius 3 is 2.77 bits per heavy atom. The zero-order valence-corrected chi connectivity index (χ0v) is 17.9. The van der Waals surface area contributed by atoms with Gasteiger partial charge in [0.15, 0.2) is 29.2 Å².